The number of allylic oxidation sites excluding steroid dienone is 10. The van der Waals surface area contributed by atoms with Crippen LogP contribution >= 0.6 is 0 Å². The molecule has 0 saturated carbocycles. The minimum Gasteiger partial charge on any atom is -0.453 e. The van der Waals surface area contributed by atoms with Gasteiger partial charge in [-0.15, -0.1) is 13.2 Å². The standard InChI is InChI=1S/C82H134O37/c1-13-81(11,118-79-71(62(97)56(91)49(35-85)111-79)116-76-64(99)59(94)54(89)47(33-83)109-76)31-19-28-41(5)23-15-21-39(3)25-17-27-43(7)37-105-74-68(103)70(53(88)46(10)107-74)115-78-66(101)61(96)58(93)51(113-78)38-106-75-67(102)69(52(87)45(9)108-75)114-73(104)44(8)30-18-26-40(4)22-16-24-42(6)29-20-32-82(12,14-2)119-80-72(63(98)57(92)50(36-86)112-80)117-77-65(100)60(95)55(90)48(34-84)110-77/h13-14,21-22,27-30,45-72,74-80,83-103H,1-2,15-20,23-26,31-38H2,3-12H3. The van der Waals surface area contributed by atoms with Gasteiger partial charge in [-0.05, 0) is 146 Å². The molecule has 0 aromatic carbocycles. The lowest BCUT2D eigenvalue weighted by Crippen LogP contribution is -2.65. The van der Waals surface area contributed by atoms with E-state index in [0.717, 1.165) is 40.7 Å². The van der Waals surface area contributed by atoms with E-state index in [-0.39, 0.29) is 12.2 Å². The maximum absolute atomic E-state index is 13.5. The molecule has 0 spiro atoms. The SMILES string of the molecule is C=CC(C)(CCC=C(C)CCC=C(C)CCC=C(C)COC1OC(C)C(O)C(OC2OC(COC3OC(C)C(O)C(OC(=O)C(C)=CCCC(C)=CCCC(C)=CCCC(C)(C=C)OC4OC(CO)C(O)C(O)C4OC4OC(CO)C(O)C(O)C4O)C3O)C(O)C(O)C2O)C1O)OC1OC(CO)C(O)C(O)C1OC1OC(CO)C(O)C(O)C1O. The fourth-order valence-corrected chi connectivity index (χ4v) is 14.6. The van der Waals surface area contributed by atoms with Gasteiger partial charge in [0.05, 0.1) is 63.1 Å². The Morgan fingerprint density at radius 3 is 1.03 bits per heavy atom. The first-order valence-corrected chi connectivity index (χ1v) is 40.8. The molecule has 7 saturated heterocycles. The molecule has 0 bridgehead atoms. The Hall–Kier alpha value is -4.01. The van der Waals surface area contributed by atoms with Crippen molar-refractivity contribution in [1.29, 1.82) is 0 Å². The van der Waals surface area contributed by atoms with Crippen LogP contribution in [0.25, 0.3) is 0 Å². The van der Waals surface area contributed by atoms with E-state index in [2.05, 4.69) is 25.3 Å². The van der Waals surface area contributed by atoms with Crippen molar-refractivity contribution in [2.75, 3.05) is 39.6 Å². The van der Waals surface area contributed by atoms with Crippen LogP contribution in [-0.4, -0.2) is 379 Å². The number of ether oxygens (including phenoxy) is 15. The summed E-state index contributed by atoms with van der Waals surface area (Å²) in [6, 6.07) is 0. The average molecular weight is 1710 g/mol. The summed E-state index contributed by atoms with van der Waals surface area (Å²) in [6.07, 6.45) is -34.0. The molecule has 0 aromatic heterocycles. The molecule has 7 aliphatic heterocycles. The van der Waals surface area contributed by atoms with Crippen molar-refractivity contribution in [3.63, 3.8) is 0 Å². The topological polar surface area (TPSA) is 580 Å². The fourth-order valence-electron chi connectivity index (χ4n) is 14.6. The third-order valence-corrected chi connectivity index (χ3v) is 22.9. The van der Waals surface area contributed by atoms with Crippen molar-refractivity contribution >= 4 is 5.97 Å². The molecule has 684 valence electrons. The molecule has 7 fully saturated rings. The Labute approximate surface area is 693 Å². The molecular formula is C82H134O37. The predicted octanol–water partition coefficient (Wildman–Crippen LogP) is -2.41. The summed E-state index contributed by atoms with van der Waals surface area (Å²) in [5.74, 6) is -0.844. The van der Waals surface area contributed by atoms with Gasteiger partial charge in [0.2, 0.25) is 0 Å². The molecule has 0 amide bonds. The lowest BCUT2D eigenvalue weighted by Gasteiger charge is -2.47. The number of hydrogen-bond acceptors (Lipinski definition) is 37. The molecule has 21 N–H and O–H groups in total. The van der Waals surface area contributed by atoms with Gasteiger partial charge in [-0.25, -0.2) is 4.79 Å². The van der Waals surface area contributed by atoms with Gasteiger partial charge in [0.15, 0.2) is 50.1 Å². The number of esters is 1. The van der Waals surface area contributed by atoms with Crippen LogP contribution in [0.5, 0.6) is 0 Å². The first-order valence-electron chi connectivity index (χ1n) is 40.8. The third kappa shape index (κ3) is 27.5. The Balaban J connectivity index is 0.820. The zero-order chi connectivity index (χ0) is 88.2. The summed E-state index contributed by atoms with van der Waals surface area (Å²) < 4.78 is 87.8. The van der Waals surface area contributed by atoms with Crippen LogP contribution < -0.4 is 0 Å². The highest BCUT2D eigenvalue weighted by molar-refractivity contribution is 5.87. The second-order valence-corrected chi connectivity index (χ2v) is 32.7. The lowest BCUT2D eigenvalue weighted by molar-refractivity contribution is -0.375. The third-order valence-electron chi connectivity index (χ3n) is 22.9. The smallest absolute Gasteiger partial charge is 0.333 e. The average Bonchev–Trinajstić information content (AvgIpc) is 0.787. The molecule has 37 unspecified atom stereocenters. The summed E-state index contributed by atoms with van der Waals surface area (Å²) in [4.78, 5) is 13.5. The van der Waals surface area contributed by atoms with Crippen LogP contribution in [0.4, 0.5) is 0 Å². The van der Waals surface area contributed by atoms with Crippen molar-refractivity contribution < 1.29 is 183 Å². The van der Waals surface area contributed by atoms with E-state index >= 15 is 0 Å². The van der Waals surface area contributed by atoms with Crippen LogP contribution in [0.15, 0.2) is 95.2 Å². The van der Waals surface area contributed by atoms with Gasteiger partial charge < -0.3 is 178 Å². The Kier molecular flexibility index (Phi) is 40.8. The largest absolute Gasteiger partial charge is 0.453 e. The highest BCUT2D eigenvalue weighted by atomic mass is 16.8. The van der Waals surface area contributed by atoms with Crippen LogP contribution in [0.1, 0.15) is 146 Å². The van der Waals surface area contributed by atoms with Gasteiger partial charge in [-0.1, -0.05) is 76.5 Å². The fraction of sp³-hybridized carbons (Fsp3) is 0.793. The maximum Gasteiger partial charge on any atom is 0.333 e. The van der Waals surface area contributed by atoms with Crippen molar-refractivity contribution in [1.82, 2.24) is 0 Å². The van der Waals surface area contributed by atoms with E-state index < -0.39 is 265 Å². The van der Waals surface area contributed by atoms with Gasteiger partial charge in [0.25, 0.3) is 0 Å². The van der Waals surface area contributed by atoms with E-state index in [1.165, 1.54) is 32.9 Å². The first-order chi connectivity index (χ1) is 56.2. The maximum atomic E-state index is 13.5. The number of carbonyl (C=O) groups excluding carboxylic acids is 1. The second-order valence-electron chi connectivity index (χ2n) is 32.7. The zero-order valence-corrected chi connectivity index (χ0v) is 69.4. The molecule has 0 aromatic rings. The van der Waals surface area contributed by atoms with Gasteiger partial charge >= 0.3 is 5.97 Å². The molecule has 37 nitrogen and oxygen atoms in total. The number of hydrogen-bond donors (Lipinski definition) is 21. The van der Waals surface area contributed by atoms with Gasteiger partial charge in [0, 0.05) is 5.57 Å². The van der Waals surface area contributed by atoms with Crippen molar-refractivity contribution in [2.24, 2.45) is 0 Å². The van der Waals surface area contributed by atoms with Crippen molar-refractivity contribution in [2.45, 2.75) is 372 Å². The van der Waals surface area contributed by atoms with Crippen LogP contribution in [0.2, 0.25) is 0 Å². The Bertz CT molecular complexity index is 3300. The highest BCUT2D eigenvalue weighted by Gasteiger charge is 2.57. The monoisotopic (exact) mass is 1710 g/mol. The minimum absolute atomic E-state index is 0.00290. The normalized spacial score (nSPS) is 41.1. The highest BCUT2D eigenvalue weighted by Crippen LogP contribution is 2.38. The van der Waals surface area contributed by atoms with Crippen molar-refractivity contribution in [3.8, 4) is 0 Å². The number of aliphatic hydroxyl groups excluding tert-OH is 21. The predicted molar refractivity (Wildman–Crippen MR) is 416 cm³/mol. The molecule has 0 aliphatic carbocycles. The van der Waals surface area contributed by atoms with E-state index in [1.807, 2.05) is 52.8 Å². The van der Waals surface area contributed by atoms with Gasteiger partial charge in [-0.3, -0.25) is 0 Å². The summed E-state index contributed by atoms with van der Waals surface area (Å²) in [6.45, 7) is 22.0. The number of aliphatic hydroxyl groups is 21. The lowest BCUT2D eigenvalue weighted by atomic mass is 9.95. The molecule has 7 rings (SSSR count). The minimum atomic E-state index is -1.93. The summed E-state index contributed by atoms with van der Waals surface area (Å²) >= 11 is 0. The molecule has 0 radical (unpaired) electrons. The molecule has 7 heterocycles. The Morgan fingerprint density at radius 1 is 0.336 bits per heavy atom. The Morgan fingerprint density at radius 2 is 0.647 bits per heavy atom. The quantitative estimate of drug-likeness (QED) is 0.0172. The molecule has 37 atom stereocenters. The molecule has 119 heavy (non-hydrogen) atoms. The summed E-state index contributed by atoms with van der Waals surface area (Å²) in [5.41, 5.74) is 2.99. The van der Waals surface area contributed by atoms with E-state index in [1.54, 1.807) is 19.9 Å². The van der Waals surface area contributed by atoms with E-state index in [0.29, 0.717) is 64.2 Å². The van der Waals surface area contributed by atoms with Crippen LogP contribution in [0, 0.1) is 0 Å². The molecular weight excluding hydrogens is 1580 g/mol. The van der Waals surface area contributed by atoms with E-state index in [9.17, 15) is 112 Å². The van der Waals surface area contributed by atoms with Crippen LogP contribution in [0.3, 0.4) is 0 Å². The van der Waals surface area contributed by atoms with Crippen molar-refractivity contribution in [3.05, 3.63) is 95.2 Å². The summed E-state index contributed by atoms with van der Waals surface area (Å²) in [7, 11) is 0. The number of rotatable bonds is 42. The summed E-state index contributed by atoms with van der Waals surface area (Å²) in [5, 5.41) is 224. The van der Waals surface area contributed by atoms with E-state index in [4.69, 9.17) is 71.1 Å². The first kappa shape index (κ1) is 102. The second kappa shape index (κ2) is 47.5. The van der Waals surface area contributed by atoms with Crippen LogP contribution in [-0.2, 0) is 75.8 Å². The van der Waals surface area contributed by atoms with Gasteiger partial charge in [-0.2, -0.15) is 0 Å². The molecule has 37 heteroatoms. The van der Waals surface area contributed by atoms with Gasteiger partial charge in [0.1, 0.15) is 153 Å². The zero-order valence-electron chi connectivity index (χ0n) is 69.4. The number of carbonyl (C=O) groups is 1. The molecule has 7 aliphatic rings.